The molecule has 1 aromatic heterocycles. The number of likely N-dealkylation sites (N-methyl/N-ethyl adjacent to an activating group) is 1. The van der Waals surface area contributed by atoms with Crippen LogP contribution in [0.25, 0.3) is 0 Å². The predicted octanol–water partition coefficient (Wildman–Crippen LogP) is 1.60. The lowest BCUT2D eigenvalue weighted by Gasteiger charge is -2.33. The Bertz CT molecular complexity index is 695. The second-order valence-corrected chi connectivity index (χ2v) is 7.25. The fourth-order valence-electron chi connectivity index (χ4n) is 2.97. The van der Waals surface area contributed by atoms with Crippen LogP contribution in [0.4, 0.5) is 5.00 Å². The Balaban J connectivity index is 2.13. The number of methoxy groups -OCH3 is 1. The highest BCUT2D eigenvalue weighted by molar-refractivity contribution is 7.18. The normalized spacial score (nSPS) is 15.4. The molecule has 2 heterocycles. The summed E-state index contributed by atoms with van der Waals surface area (Å²) in [4.78, 5) is 41.5. The van der Waals surface area contributed by atoms with Crippen LogP contribution < -0.4 is 5.32 Å². The zero-order chi connectivity index (χ0) is 20.0. The van der Waals surface area contributed by atoms with Crippen LogP contribution in [-0.4, -0.2) is 80.6 Å². The van der Waals surface area contributed by atoms with E-state index in [-0.39, 0.29) is 29.5 Å². The third-order valence-corrected chi connectivity index (χ3v) is 5.72. The molecule has 150 valence electrons. The summed E-state index contributed by atoms with van der Waals surface area (Å²) in [6.07, 6.45) is 0. The summed E-state index contributed by atoms with van der Waals surface area (Å²) >= 11 is 1.03. The molecule has 2 rings (SSSR count). The Morgan fingerprint density at radius 2 is 1.70 bits per heavy atom. The molecule has 1 aromatic rings. The second kappa shape index (κ2) is 9.82. The first kappa shape index (κ1) is 21.3. The van der Waals surface area contributed by atoms with Gasteiger partial charge in [-0.2, -0.15) is 0 Å². The van der Waals surface area contributed by atoms with Crippen LogP contribution in [0.5, 0.6) is 0 Å². The van der Waals surface area contributed by atoms with Crippen molar-refractivity contribution < 1.29 is 23.9 Å². The van der Waals surface area contributed by atoms with E-state index in [1.807, 2.05) is 0 Å². The molecule has 0 unspecified atom stereocenters. The first-order chi connectivity index (χ1) is 12.9. The van der Waals surface area contributed by atoms with E-state index >= 15 is 0 Å². The molecule has 0 bridgehead atoms. The molecule has 1 aliphatic heterocycles. The van der Waals surface area contributed by atoms with Crippen LogP contribution in [0.1, 0.15) is 39.4 Å². The molecular weight excluding hydrogens is 370 g/mol. The Kier molecular flexibility index (Phi) is 7.76. The van der Waals surface area contributed by atoms with Gasteiger partial charge in [-0.15, -0.1) is 11.3 Å². The van der Waals surface area contributed by atoms with Crippen LogP contribution in [0.15, 0.2) is 0 Å². The van der Waals surface area contributed by atoms with Gasteiger partial charge >= 0.3 is 11.9 Å². The molecule has 27 heavy (non-hydrogen) atoms. The van der Waals surface area contributed by atoms with Gasteiger partial charge in [-0.3, -0.25) is 9.69 Å². The third kappa shape index (κ3) is 5.27. The molecule has 1 saturated heterocycles. The van der Waals surface area contributed by atoms with Crippen molar-refractivity contribution in [1.29, 1.82) is 0 Å². The number of thiophene rings is 1. The molecule has 0 aliphatic carbocycles. The Morgan fingerprint density at radius 1 is 1.07 bits per heavy atom. The van der Waals surface area contributed by atoms with E-state index in [4.69, 9.17) is 9.47 Å². The third-order valence-electron chi connectivity index (χ3n) is 4.53. The minimum Gasteiger partial charge on any atom is -0.465 e. The van der Waals surface area contributed by atoms with Crippen molar-refractivity contribution in [2.24, 2.45) is 0 Å². The number of ether oxygens (including phenoxy) is 2. The number of carbonyl (C=O) groups is 3. The number of anilines is 1. The maximum Gasteiger partial charge on any atom is 0.348 e. The van der Waals surface area contributed by atoms with Crippen molar-refractivity contribution in [3.05, 3.63) is 16.0 Å². The molecule has 8 nitrogen and oxygen atoms in total. The highest BCUT2D eigenvalue weighted by Crippen LogP contribution is 2.34. The Morgan fingerprint density at radius 3 is 2.26 bits per heavy atom. The SMILES string of the molecule is CCOC(=O)c1c(NC(=O)CN2CCN(CC)CC2)sc(C(=O)OC)c1C. The number of nitrogens with one attached hydrogen (secondary N) is 1. The van der Waals surface area contributed by atoms with Gasteiger partial charge in [0.2, 0.25) is 5.91 Å². The van der Waals surface area contributed by atoms with Gasteiger partial charge in [0.1, 0.15) is 9.88 Å². The zero-order valence-corrected chi connectivity index (χ0v) is 17.1. The molecule has 0 radical (unpaired) electrons. The van der Waals surface area contributed by atoms with Crippen LogP contribution >= 0.6 is 11.3 Å². The number of hydrogen-bond donors (Lipinski definition) is 1. The number of piperazine rings is 1. The smallest absolute Gasteiger partial charge is 0.348 e. The first-order valence-electron chi connectivity index (χ1n) is 9.04. The van der Waals surface area contributed by atoms with Crippen molar-refractivity contribution in [3.8, 4) is 0 Å². The fraction of sp³-hybridized carbons (Fsp3) is 0.611. The van der Waals surface area contributed by atoms with Gasteiger partial charge in [-0.05, 0) is 26.0 Å². The first-order valence-corrected chi connectivity index (χ1v) is 9.86. The van der Waals surface area contributed by atoms with Crippen molar-refractivity contribution in [3.63, 3.8) is 0 Å². The summed E-state index contributed by atoms with van der Waals surface area (Å²) in [7, 11) is 1.28. The van der Waals surface area contributed by atoms with E-state index in [0.717, 1.165) is 44.1 Å². The summed E-state index contributed by atoms with van der Waals surface area (Å²) in [5.74, 6) is -1.32. The van der Waals surface area contributed by atoms with Crippen LogP contribution in [-0.2, 0) is 14.3 Å². The summed E-state index contributed by atoms with van der Waals surface area (Å²) in [6, 6.07) is 0. The lowest BCUT2D eigenvalue weighted by molar-refractivity contribution is -0.117. The lowest BCUT2D eigenvalue weighted by atomic mass is 10.1. The molecular formula is C18H27N3O5S. The highest BCUT2D eigenvalue weighted by atomic mass is 32.1. The number of esters is 2. The van der Waals surface area contributed by atoms with E-state index in [2.05, 4.69) is 22.0 Å². The van der Waals surface area contributed by atoms with E-state index in [0.29, 0.717) is 10.6 Å². The topological polar surface area (TPSA) is 88.2 Å². The minimum absolute atomic E-state index is 0.205. The van der Waals surface area contributed by atoms with Crippen LogP contribution in [0.3, 0.4) is 0 Å². The Hall–Kier alpha value is -1.97. The molecule has 1 fully saturated rings. The van der Waals surface area contributed by atoms with Crippen molar-refractivity contribution >= 4 is 34.2 Å². The number of nitrogens with zero attached hydrogens (tertiary/aromatic N) is 2. The zero-order valence-electron chi connectivity index (χ0n) is 16.3. The average molecular weight is 397 g/mol. The number of carbonyl (C=O) groups excluding carboxylic acids is 3. The molecule has 0 spiro atoms. The maximum atomic E-state index is 12.5. The molecule has 0 aromatic carbocycles. The van der Waals surface area contributed by atoms with Gasteiger partial charge in [0.25, 0.3) is 0 Å². The molecule has 1 amide bonds. The predicted molar refractivity (Wildman–Crippen MR) is 104 cm³/mol. The largest absolute Gasteiger partial charge is 0.465 e. The van der Waals surface area contributed by atoms with Gasteiger partial charge in [-0.25, -0.2) is 9.59 Å². The second-order valence-electron chi connectivity index (χ2n) is 6.23. The van der Waals surface area contributed by atoms with E-state index in [9.17, 15) is 14.4 Å². The van der Waals surface area contributed by atoms with Crippen molar-refractivity contribution in [1.82, 2.24) is 9.80 Å². The number of rotatable bonds is 7. The maximum absolute atomic E-state index is 12.5. The Labute approximate surface area is 163 Å². The van der Waals surface area contributed by atoms with Crippen LogP contribution in [0.2, 0.25) is 0 Å². The summed E-state index contributed by atoms with van der Waals surface area (Å²) < 4.78 is 9.85. The number of hydrogen-bond acceptors (Lipinski definition) is 8. The fourth-order valence-corrected chi connectivity index (χ4v) is 4.10. The van der Waals surface area contributed by atoms with E-state index < -0.39 is 11.9 Å². The highest BCUT2D eigenvalue weighted by Gasteiger charge is 2.27. The standard InChI is InChI=1S/C18H27N3O5S/c1-5-20-7-9-21(10-8-20)11-13(22)19-16-14(17(23)26-6-2)12(3)15(27-16)18(24)25-4/h5-11H2,1-4H3,(H,19,22). The lowest BCUT2D eigenvalue weighted by Crippen LogP contribution is -2.48. The summed E-state index contributed by atoms with van der Waals surface area (Å²) in [5.41, 5.74) is 0.670. The van der Waals surface area contributed by atoms with Crippen molar-refractivity contribution in [2.45, 2.75) is 20.8 Å². The summed E-state index contributed by atoms with van der Waals surface area (Å²) in [6.45, 7) is 10.4. The van der Waals surface area contributed by atoms with Gasteiger partial charge in [0.05, 0.1) is 25.8 Å². The number of amides is 1. The van der Waals surface area contributed by atoms with E-state index in [1.165, 1.54) is 7.11 Å². The van der Waals surface area contributed by atoms with Gasteiger partial charge < -0.3 is 19.7 Å². The van der Waals surface area contributed by atoms with Crippen molar-refractivity contribution in [2.75, 3.05) is 58.3 Å². The molecule has 1 N–H and O–H groups in total. The molecule has 1 aliphatic rings. The average Bonchev–Trinajstić information content (AvgIpc) is 2.97. The molecule has 9 heteroatoms. The molecule has 0 atom stereocenters. The van der Waals surface area contributed by atoms with Crippen LogP contribution in [0, 0.1) is 6.92 Å². The summed E-state index contributed by atoms with van der Waals surface area (Å²) in [5, 5.41) is 3.10. The quantitative estimate of drug-likeness (QED) is 0.699. The molecule has 0 saturated carbocycles. The van der Waals surface area contributed by atoms with E-state index in [1.54, 1.807) is 13.8 Å². The monoisotopic (exact) mass is 397 g/mol. The van der Waals surface area contributed by atoms with Gasteiger partial charge in [0, 0.05) is 26.2 Å². The van der Waals surface area contributed by atoms with Gasteiger partial charge in [0.15, 0.2) is 0 Å². The minimum atomic E-state index is -0.562. The van der Waals surface area contributed by atoms with Gasteiger partial charge in [-0.1, -0.05) is 6.92 Å².